The Balaban J connectivity index is 1.70. The first-order chi connectivity index (χ1) is 9.98. The zero-order valence-electron chi connectivity index (χ0n) is 13.2. The minimum atomic E-state index is 0.204. The molecule has 1 N–H and O–H groups in total. The Kier molecular flexibility index (Phi) is 3.43. The van der Waals surface area contributed by atoms with E-state index in [1.165, 1.54) is 18.4 Å². The van der Waals surface area contributed by atoms with Gasteiger partial charge in [-0.25, -0.2) is 9.97 Å². The molecule has 0 aromatic carbocycles. The molecule has 21 heavy (non-hydrogen) atoms. The maximum absolute atomic E-state index is 4.64. The van der Waals surface area contributed by atoms with E-state index in [4.69, 9.17) is 0 Å². The fourth-order valence-electron chi connectivity index (χ4n) is 2.30. The van der Waals surface area contributed by atoms with E-state index in [9.17, 15) is 0 Å². The van der Waals surface area contributed by atoms with E-state index >= 15 is 0 Å². The summed E-state index contributed by atoms with van der Waals surface area (Å²) >= 11 is 0. The van der Waals surface area contributed by atoms with Crippen LogP contribution in [0.2, 0.25) is 0 Å². The van der Waals surface area contributed by atoms with Crippen molar-refractivity contribution in [1.29, 1.82) is 0 Å². The second kappa shape index (κ2) is 5.13. The molecule has 1 fully saturated rings. The van der Waals surface area contributed by atoms with Gasteiger partial charge in [-0.05, 0) is 39.7 Å². The summed E-state index contributed by atoms with van der Waals surface area (Å²) in [6.07, 6.45) is 6.34. The van der Waals surface area contributed by atoms with E-state index in [1.807, 2.05) is 23.9 Å². The summed E-state index contributed by atoms with van der Waals surface area (Å²) in [4.78, 5) is 9.05. The number of anilines is 1. The van der Waals surface area contributed by atoms with Crippen LogP contribution in [0.1, 0.15) is 56.7 Å². The van der Waals surface area contributed by atoms with Crippen LogP contribution in [0, 0.1) is 6.92 Å². The van der Waals surface area contributed by atoms with Crippen molar-refractivity contribution in [2.75, 3.05) is 5.32 Å². The molecule has 112 valence electrons. The van der Waals surface area contributed by atoms with Gasteiger partial charge in [0.2, 0.25) is 0 Å². The van der Waals surface area contributed by atoms with Gasteiger partial charge < -0.3 is 5.32 Å². The second-order valence-electron chi connectivity index (χ2n) is 6.49. The summed E-state index contributed by atoms with van der Waals surface area (Å²) in [6.45, 7) is 9.29. The lowest BCUT2D eigenvalue weighted by Crippen LogP contribution is -2.09. The van der Waals surface area contributed by atoms with Gasteiger partial charge in [-0.1, -0.05) is 6.92 Å². The van der Waals surface area contributed by atoms with Gasteiger partial charge in [0.05, 0.1) is 5.69 Å². The van der Waals surface area contributed by atoms with Crippen molar-refractivity contribution in [2.45, 2.75) is 58.5 Å². The van der Waals surface area contributed by atoms with E-state index in [-0.39, 0.29) is 5.41 Å². The highest BCUT2D eigenvalue weighted by molar-refractivity contribution is 5.36. The lowest BCUT2D eigenvalue weighted by molar-refractivity contribution is 0.529. The Morgan fingerprint density at radius 2 is 2.14 bits per heavy atom. The van der Waals surface area contributed by atoms with Crippen LogP contribution in [-0.4, -0.2) is 19.7 Å². The smallest absolute Gasteiger partial charge is 0.136 e. The molecule has 0 unspecified atom stereocenters. The first-order valence-electron chi connectivity index (χ1n) is 7.60. The molecule has 1 aliphatic carbocycles. The highest BCUT2D eigenvalue weighted by atomic mass is 15.3. The average Bonchev–Trinajstić information content (AvgIpc) is 3.10. The van der Waals surface area contributed by atoms with Crippen molar-refractivity contribution < 1.29 is 0 Å². The van der Waals surface area contributed by atoms with Crippen LogP contribution in [0.5, 0.6) is 0 Å². The molecule has 0 saturated heterocycles. The number of hydrogen-bond donors (Lipinski definition) is 1. The van der Waals surface area contributed by atoms with Gasteiger partial charge in [0.15, 0.2) is 0 Å². The quantitative estimate of drug-likeness (QED) is 0.916. The minimum Gasteiger partial charge on any atom is -0.366 e. The fourth-order valence-corrected chi connectivity index (χ4v) is 2.30. The predicted octanol–water partition coefficient (Wildman–Crippen LogP) is 3.23. The normalized spacial score (nSPS) is 16.2. The molecule has 1 aliphatic rings. The zero-order chi connectivity index (χ0) is 15.0. The molecular weight excluding hydrogens is 262 g/mol. The Hall–Kier alpha value is -1.91. The summed E-state index contributed by atoms with van der Waals surface area (Å²) in [7, 11) is 0. The summed E-state index contributed by atoms with van der Waals surface area (Å²) in [5.41, 5.74) is 2.48. The molecule has 0 bridgehead atoms. The number of hydrogen-bond acceptors (Lipinski definition) is 4. The van der Waals surface area contributed by atoms with E-state index in [2.05, 4.69) is 47.4 Å². The second-order valence-corrected chi connectivity index (χ2v) is 6.49. The standard InChI is InChI=1S/C16H23N5/c1-11(2)21-10-13(12(3)20-21)9-18-14-5-8-17-15(19-14)16(4)6-7-16/h5,8,10-11H,6-7,9H2,1-4H3,(H,17,18,19). The molecule has 2 aromatic heterocycles. The third-order valence-electron chi connectivity index (χ3n) is 4.20. The molecule has 1 saturated carbocycles. The highest BCUT2D eigenvalue weighted by Crippen LogP contribution is 2.45. The van der Waals surface area contributed by atoms with Gasteiger partial charge in [-0.15, -0.1) is 0 Å². The van der Waals surface area contributed by atoms with Crippen molar-refractivity contribution in [3.05, 3.63) is 35.5 Å². The van der Waals surface area contributed by atoms with Crippen LogP contribution >= 0.6 is 0 Å². The molecule has 5 nitrogen and oxygen atoms in total. The maximum Gasteiger partial charge on any atom is 0.136 e. The molecule has 5 heteroatoms. The fraction of sp³-hybridized carbons (Fsp3) is 0.562. The van der Waals surface area contributed by atoms with E-state index in [0.29, 0.717) is 6.04 Å². The minimum absolute atomic E-state index is 0.204. The maximum atomic E-state index is 4.64. The molecule has 0 spiro atoms. The van der Waals surface area contributed by atoms with Gasteiger partial charge in [-0.2, -0.15) is 5.10 Å². The number of nitrogens with one attached hydrogen (secondary N) is 1. The third kappa shape index (κ3) is 2.91. The first kappa shape index (κ1) is 14.0. The van der Waals surface area contributed by atoms with Gasteiger partial charge in [-0.3, -0.25) is 4.68 Å². The lowest BCUT2D eigenvalue weighted by Gasteiger charge is -2.09. The Labute approximate surface area is 125 Å². The lowest BCUT2D eigenvalue weighted by atomic mass is 10.1. The Morgan fingerprint density at radius 3 is 2.76 bits per heavy atom. The van der Waals surface area contributed by atoms with Gasteiger partial charge in [0, 0.05) is 36.0 Å². The van der Waals surface area contributed by atoms with E-state index < -0.39 is 0 Å². The van der Waals surface area contributed by atoms with Crippen LogP contribution < -0.4 is 5.32 Å². The van der Waals surface area contributed by atoms with Crippen LogP contribution in [0.15, 0.2) is 18.5 Å². The molecule has 0 atom stereocenters. The number of rotatable bonds is 5. The molecule has 0 amide bonds. The van der Waals surface area contributed by atoms with Crippen molar-refractivity contribution in [3.63, 3.8) is 0 Å². The van der Waals surface area contributed by atoms with Crippen molar-refractivity contribution in [2.24, 2.45) is 0 Å². The highest BCUT2D eigenvalue weighted by Gasteiger charge is 2.42. The summed E-state index contributed by atoms with van der Waals surface area (Å²) in [5, 5.41) is 7.92. The van der Waals surface area contributed by atoms with Crippen LogP contribution in [0.3, 0.4) is 0 Å². The SMILES string of the molecule is Cc1nn(C(C)C)cc1CNc1ccnc(C2(C)CC2)n1. The Morgan fingerprint density at radius 1 is 1.38 bits per heavy atom. The summed E-state index contributed by atoms with van der Waals surface area (Å²) < 4.78 is 2.00. The molecule has 0 aliphatic heterocycles. The van der Waals surface area contributed by atoms with E-state index in [1.54, 1.807) is 0 Å². The number of nitrogens with zero attached hydrogens (tertiary/aromatic N) is 4. The van der Waals surface area contributed by atoms with Gasteiger partial charge in [0.1, 0.15) is 11.6 Å². The first-order valence-corrected chi connectivity index (χ1v) is 7.60. The Bertz CT molecular complexity index is 640. The molecule has 2 heterocycles. The number of aryl methyl sites for hydroxylation is 1. The molecular formula is C16H23N5. The van der Waals surface area contributed by atoms with Gasteiger partial charge >= 0.3 is 0 Å². The number of aromatic nitrogens is 4. The van der Waals surface area contributed by atoms with Crippen LogP contribution in [0.25, 0.3) is 0 Å². The van der Waals surface area contributed by atoms with Crippen molar-refractivity contribution in [3.8, 4) is 0 Å². The summed E-state index contributed by atoms with van der Waals surface area (Å²) in [6, 6.07) is 2.31. The van der Waals surface area contributed by atoms with Crippen LogP contribution in [-0.2, 0) is 12.0 Å². The molecule has 2 aromatic rings. The van der Waals surface area contributed by atoms with Crippen molar-refractivity contribution in [1.82, 2.24) is 19.7 Å². The monoisotopic (exact) mass is 285 g/mol. The average molecular weight is 285 g/mol. The van der Waals surface area contributed by atoms with Gasteiger partial charge in [0.25, 0.3) is 0 Å². The van der Waals surface area contributed by atoms with E-state index in [0.717, 1.165) is 23.9 Å². The third-order valence-corrected chi connectivity index (χ3v) is 4.20. The zero-order valence-corrected chi connectivity index (χ0v) is 13.2. The van der Waals surface area contributed by atoms with Crippen LogP contribution in [0.4, 0.5) is 5.82 Å². The summed E-state index contributed by atoms with van der Waals surface area (Å²) in [5.74, 6) is 1.85. The molecule has 3 rings (SSSR count). The van der Waals surface area contributed by atoms with Crippen molar-refractivity contribution >= 4 is 5.82 Å². The molecule has 0 radical (unpaired) electrons. The topological polar surface area (TPSA) is 55.6 Å². The predicted molar refractivity (Wildman–Crippen MR) is 83.3 cm³/mol. The largest absolute Gasteiger partial charge is 0.366 e.